The Balaban J connectivity index is 1.19. The number of hydrogen-bond acceptors (Lipinski definition) is 4. The summed E-state index contributed by atoms with van der Waals surface area (Å²) in [7, 11) is 0. The molecule has 4 aromatic heterocycles. The molecule has 0 spiro atoms. The Bertz CT molecular complexity index is 2780. The number of hydrogen-bond donors (Lipinski definition) is 0. The molecule has 0 amide bonds. The van der Waals surface area contributed by atoms with Crippen LogP contribution in [0.3, 0.4) is 0 Å². The molecule has 0 fully saturated rings. The molecular weight excluding hydrogens is 625 g/mol. The molecule has 240 valence electrons. The molecule has 5 nitrogen and oxygen atoms in total. The molecule has 0 unspecified atom stereocenters. The normalized spacial score (nSPS) is 11.5. The fourth-order valence-electron chi connectivity index (χ4n) is 7.34. The standard InChI is InChI=1S/C46H30N4O/c1-2-14-33(15-3-1)50-43-21-5-4-18-37(43)38-29-40-39-28-36(22-23-45(39)51-46(40)30-44(38)50)49(34-16-10-12-31(26-34)41-19-6-8-24-47-41)35-17-11-13-32(27-35)42-20-7-9-25-48-42/h1-30H. The highest BCUT2D eigenvalue weighted by Gasteiger charge is 2.19. The first-order valence-electron chi connectivity index (χ1n) is 17.1. The van der Waals surface area contributed by atoms with Crippen LogP contribution in [0.5, 0.6) is 0 Å². The number of pyridine rings is 2. The second kappa shape index (κ2) is 11.9. The van der Waals surface area contributed by atoms with Crippen LogP contribution in [0.15, 0.2) is 187 Å². The Labute approximate surface area is 294 Å². The lowest BCUT2D eigenvalue weighted by Gasteiger charge is -2.26. The van der Waals surface area contributed by atoms with Gasteiger partial charge in [-0.3, -0.25) is 9.97 Å². The number of benzene rings is 6. The average Bonchev–Trinajstić information content (AvgIpc) is 3.72. The molecule has 0 bridgehead atoms. The van der Waals surface area contributed by atoms with E-state index in [1.165, 1.54) is 16.3 Å². The van der Waals surface area contributed by atoms with Crippen LogP contribution >= 0.6 is 0 Å². The van der Waals surface area contributed by atoms with E-state index < -0.39 is 0 Å². The summed E-state index contributed by atoms with van der Waals surface area (Å²) in [5.41, 5.74) is 12.1. The quantitative estimate of drug-likeness (QED) is 0.179. The van der Waals surface area contributed by atoms with E-state index in [4.69, 9.17) is 4.42 Å². The second-order valence-electron chi connectivity index (χ2n) is 12.7. The molecular formula is C46H30N4O. The minimum Gasteiger partial charge on any atom is -0.456 e. The number of para-hydroxylation sites is 2. The summed E-state index contributed by atoms with van der Waals surface area (Å²) in [6.45, 7) is 0. The van der Waals surface area contributed by atoms with Crippen molar-refractivity contribution < 1.29 is 4.42 Å². The maximum Gasteiger partial charge on any atom is 0.137 e. The van der Waals surface area contributed by atoms with Gasteiger partial charge in [-0.05, 0) is 91.0 Å². The van der Waals surface area contributed by atoms with Gasteiger partial charge >= 0.3 is 0 Å². The number of fused-ring (bicyclic) bond motifs is 6. The van der Waals surface area contributed by atoms with Crippen LogP contribution in [-0.2, 0) is 0 Å². The minimum absolute atomic E-state index is 0.849. The Hall–Kier alpha value is -6.98. The summed E-state index contributed by atoms with van der Waals surface area (Å²) in [6.07, 6.45) is 3.67. The van der Waals surface area contributed by atoms with E-state index in [9.17, 15) is 0 Å². The number of anilines is 3. The first-order chi connectivity index (χ1) is 25.3. The Morgan fingerprint density at radius 2 is 1.04 bits per heavy atom. The number of rotatable bonds is 6. The predicted octanol–water partition coefficient (Wildman–Crippen LogP) is 12.3. The molecule has 0 N–H and O–H groups in total. The molecule has 10 aromatic rings. The fourth-order valence-corrected chi connectivity index (χ4v) is 7.34. The largest absolute Gasteiger partial charge is 0.456 e. The third-order valence-corrected chi connectivity index (χ3v) is 9.65. The molecule has 0 radical (unpaired) electrons. The van der Waals surface area contributed by atoms with E-state index in [1.54, 1.807) is 0 Å². The average molecular weight is 655 g/mol. The van der Waals surface area contributed by atoms with Crippen molar-refractivity contribution in [3.8, 4) is 28.2 Å². The third kappa shape index (κ3) is 4.94. The smallest absolute Gasteiger partial charge is 0.137 e. The molecule has 0 aliphatic heterocycles. The van der Waals surface area contributed by atoms with Crippen LogP contribution in [0.25, 0.3) is 71.9 Å². The van der Waals surface area contributed by atoms with Crippen molar-refractivity contribution in [3.63, 3.8) is 0 Å². The van der Waals surface area contributed by atoms with E-state index >= 15 is 0 Å². The van der Waals surface area contributed by atoms with Crippen LogP contribution < -0.4 is 4.90 Å². The van der Waals surface area contributed by atoms with Gasteiger partial charge in [-0.15, -0.1) is 0 Å². The summed E-state index contributed by atoms with van der Waals surface area (Å²) in [4.78, 5) is 11.6. The van der Waals surface area contributed by atoms with Crippen LogP contribution in [0.4, 0.5) is 17.1 Å². The maximum absolute atomic E-state index is 6.60. The maximum atomic E-state index is 6.60. The molecule has 0 aliphatic carbocycles. The highest BCUT2D eigenvalue weighted by molar-refractivity contribution is 6.17. The summed E-state index contributed by atoms with van der Waals surface area (Å²) >= 11 is 0. The number of nitrogens with zero attached hydrogens (tertiary/aromatic N) is 4. The van der Waals surface area contributed by atoms with Gasteiger partial charge in [-0.1, -0.05) is 72.8 Å². The lowest BCUT2D eigenvalue weighted by atomic mass is 10.0. The van der Waals surface area contributed by atoms with Crippen molar-refractivity contribution in [1.29, 1.82) is 0 Å². The Kier molecular flexibility index (Phi) is 6.74. The van der Waals surface area contributed by atoms with Gasteiger partial charge in [-0.25, -0.2) is 0 Å². The van der Waals surface area contributed by atoms with E-state index in [0.717, 1.165) is 72.7 Å². The number of aromatic nitrogens is 3. The summed E-state index contributed by atoms with van der Waals surface area (Å²) in [5, 5.41) is 4.55. The van der Waals surface area contributed by atoms with E-state index in [-0.39, 0.29) is 0 Å². The lowest BCUT2D eigenvalue weighted by molar-refractivity contribution is 0.669. The minimum atomic E-state index is 0.849. The Morgan fingerprint density at radius 3 is 1.73 bits per heavy atom. The van der Waals surface area contributed by atoms with Crippen LogP contribution in [0.1, 0.15) is 0 Å². The van der Waals surface area contributed by atoms with Crippen LogP contribution in [0.2, 0.25) is 0 Å². The highest BCUT2D eigenvalue weighted by Crippen LogP contribution is 2.42. The molecule has 5 heteroatoms. The fraction of sp³-hybridized carbons (Fsp3) is 0. The molecule has 0 saturated heterocycles. The van der Waals surface area contributed by atoms with Crippen LogP contribution in [0, 0.1) is 0 Å². The van der Waals surface area contributed by atoms with Gasteiger partial charge in [0.25, 0.3) is 0 Å². The first-order valence-corrected chi connectivity index (χ1v) is 17.1. The van der Waals surface area contributed by atoms with Gasteiger partial charge in [0.1, 0.15) is 11.2 Å². The van der Waals surface area contributed by atoms with Crippen molar-refractivity contribution >= 4 is 60.8 Å². The van der Waals surface area contributed by atoms with Crippen molar-refractivity contribution in [3.05, 3.63) is 182 Å². The molecule has 4 heterocycles. The van der Waals surface area contributed by atoms with Gasteiger partial charge in [0.2, 0.25) is 0 Å². The van der Waals surface area contributed by atoms with E-state index in [1.807, 2.05) is 48.8 Å². The monoisotopic (exact) mass is 654 g/mol. The van der Waals surface area contributed by atoms with Crippen LogP contribution in [-0.4, -0.2) is 14.5 Å². The first kappa shape index (κ1) is 29.0. The predicted molar refractivity (Wildman–Crippen MR) is 209 cm³/mol. The molecule has 0 atom stereocenters. The van der Waals surface area contributed by atoms with E-state index in [0.29, 0.717) is 0 Å². The Morgan fingerprint density at radius 1 is 0.412 bits per heavy atom. The van der Waals surface area contributed by atoms with Gasteiger partial charge < -0.3 is 13.9 Å². The molecule has 0 saturated carbocycles. The SMILES string of the molecule is c1ccc(-n2c3ccccc3c3cc4c(cc32)oc2ccc(N(c3cccc(-c5ccccn5)c3)c3cccc(-c5ccccn5)c3)cc24)cc1. The summed E-state index contributed by atoms with van der Waals surface area (Å²) in [6, 6.07) is 59.3. The second-order valence-corrected chi connectivity index (χ2v) is 12.7. The zero-order valence-corrected chi connectivity index (χ0v) is 27.5. The molecule has 51 heavy (non-hydrogen) atoms. The van der Waals surface area contributed by atoms with Gasteiger partial charge in [0, 0.05) is 73.9 Å². The lowest BCUT2D eigenvalue weighted by Crippen LogP contribution is -2.10. The molecule has 6 aromatic carbocycles. The topological polar surface area (TPSA) is 47.1 Å². The van der Waals surface area contributed by atoms with Gasteiger partial charge in [0.05, 0.1) is 22.4 Å². The zero-order chi connectivity index (χ0) is 33.7. The third-order valence-electron chi connectivity index (χ3n) is 9.65. The van der Waals surface area contributed by atoms with Gasteiger partial charge in [0.15, 0.2) is 0 Å². The molecule has 10 rings (SSSR count). The van der Waals surface area contributed by atoms with Gasteiger partial charge in [-0.2, -0.15) is 0 Å². The van der Waals surface area contributed by atoms with Crippen molar-refractivity contribution in [2.75, 3.05) is 4.90 Å². The highest BCUT2D eigenvalue weighted by atomic mass is 16.3. The summed E-state index contributed by atoms with van der Waals surface area (Å²) < 4.78 is 8.93. The van der Waals surface area contributed by atoms with Crippen molar-refractivity contribution in [2.24, 2.45) is 0 Å². The van der Waals surface area contributed by atoms with Crippen molar-refractivity contribution in [2.45, 2.75) is 0 Å². The zero-order valence-electron chi connectivity index (χ0n) is 27.5. The number of furan rings is 1. The van der Waals surface area contributed by atoms with E-state index in [2.05, 4.69) is 153 Å². The molecule has 0 aliphatic rings. The van der Waals surface area contributed by atoms with Crippen molar-refractivity contribution in [1.82, 2.24) is 14.5 Å². The summed E-state index contributed by atoms with van der Waals surface area (Å²) in [5.74, 6) is 0.